The lowest BCUT2D eigenvalue weighted by molar-refractivity contribution is 0.358. The summed E-state index contributed by atoms with van der Waals surface area (Å²) in [5.41, 5.74) is 0. The van der Waals surface area contributed by atoms with Crippen molar-refractivity contribution < 1.29 is 16.8 Å². The van der Waals surface area contributed by atoms with E-state index >= 15 is 0 Å². The van der Waals surface area contributed by atoms with Crippen LogP contribution in [0.1, 0.15) is 26.7 Å². The average Bonchev–Trinajstić information content (AvgIpc) is 3.14. The number of hydrogen-bond acceptors (Lipinski definition) is 6. The summed E-state index contributed by atoms with van der Waals surface area (Å²) < 4.78 is 49.5. The number of likely N-dealkylation sites (tertiary alicyclic amines) is 2. The summed E-state index contributed by atoms with van der Waals surface area (Å²) in [6.45, 7) is 8.40. The molecule has 0 spiro atoms. The summed E-state index contributed by atoms with van der Waals surface area (Å²) in [6, 6.07) is 0. The molecule has 0 aliphatic carbocycles. The number of hydrogen-bond donors (Lipinski definition) is 0. The molecular formula is C14H28N2O4S2. The van der Waals surface area contributed by atoms with Gasteiger partial charge in [-0.3, -0.25) is 0 Å². The molecule has 6 nitrogen and oxygen atoms in total. The minimum Gasteiger partial charge on any atom is -0.302 e. The summed E-state index contributed by atoms with van der Waals surface area (Å²) in [4.78, 5) is 4.21. The molecule has 2 fully saturated rings. The first-order valence-electron chi connectivity index (χ1n) is 8.16. The quantitative estimate of drug-likeness (QED) is 0.642. The lowest BCUT2D eigenvalue weighted by atomic mass is 10.4. The molecule has 2 heterocycles. The maximum atomic E-state index is 12.4. The van der Waals surface area contributed by atoms with Crippen LogP contribution in [0.25, 0.3) is 0 Å². The van der Waals surface area contributed by atoms with Gasteiger partial charge in [-0.05, 0) is 39.0 Å². The first-order chi connectivity index (χ1) is 10.3. The molecule has 2 atom stereocenters. The van der Waals surface area contributed by atoms with Crippen molar-refractivity contribution in [2.75, 3.05) is 50.8 Å². The predicted octanol–water partition coefficient (Wildman–Crippen LogP) is 0.00440. The summed E-state index contributed by atoms with van der Waals surface area (Å²) in [5, 5.41) is -0.781. The van der Waals surface area contributed by atoms with Crippen LogP contribution in [0.2, 0.25) is 0 Å². The van der Waals surface area contributed by atoms with E-state index in [4.69, 9.17) is 0 Å². The van der Waals surface area contributed by atoms with Crippen molar-refractivity contribution in [2.45, 2.75) is 37.2 Å². The van der Waals surface area contributed by atoms with Crippen LogP contribution in [-0.4, -0.2) is 87.9 Å². The minimum atomic E-state index is -3.32. The van der Waals surface area contributed by atoms with E-state index in [0.717, 1.165) is 26.2 Å². The fourth-order valence-corrected chi connectivity index (χ4v) is 7.65. The van der Waals surface area contributed by atoms with E-state index in [0.29, 0.717) is 25.9 Å². The van der Waals surface area contributed by atoms with Gasteiger partial charge in [0.1, 0.15) is 0 Å². The third-order valence-corrected chi connectivity index (χ3v) is 9.63. The van der Waals surface area contributed by atoms with Crippen LogP contribution in [0.3, 0.4) is 0 Å². The van der Waals surface area contributed by atoms with Crippen LogP contribution in [0.4, 0.5) is 0 Å². The predicted molar refractivity (Wildman–Crippen MR) is 88.6 cm³/mol. The van der Waals surface area contributed by atoms with Gasteiger partial charge < -0.3 is 9.80 Å². The number of nitrogens with zero attached hydrogens (tertiary/aromatic N) is 2. The fraction of sp³-hybridized carbons (Fsp3) is 1.00. The smallest absolute Gasteiger partial charge is 0.155 e. The van der Waals surface area contributed by atoms with Gasteiger partial charge in [-0.25, -0.2) is 16.8 Å². The van der Waals surface area contributed by atoms with Gasteiger partial charge in [0.15, 0.2) is 19.7 Å². The Labute approximate surface area is 134 Å². The Morgan fingerprint density at radius 1 is 0.773 bits per heavy atom. The molecular weight excluding hydrogens is 324 g/mol. The highest BCUT2D eigenvalue weighted by molar-refractivity contribution is 7.95. The Morgan fingerprint density at radius 2 is 1.14 bits per heavy atom. The first kappa shape index (κ1) is 18.2. The van der Waals surface area contributed by atoms with Gasteiger partial charge in [-0.2, -0.15) is 0 Å². The largest absolute Gasteiger partial charge is 0.302 e. The molecule has 0 N–H and O–H groups in total. The van der Waals surface area contributed by atoms with Crippen molar-refractivity contribution in [3.63, 3.8) is 0 Å². The average molecular weight is 353 g/mol. The van der Waals surface area contributed by atoms with Crippen LogP contribution >= 0.6 is 0 Å². The van der Waals surface area contributed by atoms with Crippen molar-refractivity contribution in [2.24, 2.45) is 0 Å². The summed E-state index contributed by atoms with van der Waals surface area (Å²) in [6.07, 6.45) is 1.26. The Bertz CT molecular complexity index is 522. The molecule has 0 radical (unpaired) electrons. The topological polar surface area (TPSA) is 74.8 Å². The molecule has 8 heteroatoms. The SMILES string of the molecule is CCN1CC[C@@H](S(=O)(=O)CCS(=O)(=O)[C@H]2CCN(CC)C2)C1. The molecule has 0 aromatic heterocycles. The van der Waals surface area contributed by atoms with E-state index in [1.165, 1.54) is 0 Å². The van der Waals surface area contributed by atoms with Crippen molar-refractivity contribution in [1.82, 2.24) is 9.80 Å². The second kappa shape index (κ2) is 7.15. The molecule has 0 bridgehead atoms. The van der Waals surface area contributed by atoms with Crippen molar-refractivity contribution >= 4 is 19.7 Å². The van der Waals surface area contributed by atoms with Crippen LogP contribution in [0.15, 0.2) is 0 Å². The number of sulfone groups is 2. The summed E-state index contributed by atoms with van der Waals surface area (Å²) in [5.74, 6) is -0.444. The monoisotopic (exact) mass is 352 g/mol. The van der Waals surface area contributed by atoms with Gasteiger partial charge in [-0.1, -0.05) is 13.8 Å². The Morgan fingerprint density at radius 3 is 1.41 bits per heavy atom. The van der Waals surface area contributed by atoms with Crippen molar-refractivity contribution in [3.8, 4) is 0 Å². The molecule has 2 saturated heterocycles. The normalized spacial score (nSPS) is 28.5. The maximum absolute atomic E-state index is 12.4. The van der Waals surface area contributed by atoms with E-state index in [1.54, 1.807) is 0 Å². The van der Waals surface area contributed by atoms with Gasteiger partial charge in [0.05, 0.1) is 22.0 Å². The second-order valence-corrected chi connectivity index (χ2v) is 11.1. The highest BCUT2D eigenvalue weighted by Gasteiger charge is 2.36. The molecule has 0 aromatic rings. The summed E-state index contributed by atoms with van der Waals surface area (Å²) in [7, 11) is -6.64. The fourth-order valence-electron chi connectivity index (χ4n) is 3.32. The molecule has 22 heavy (non-hydrogen) atoms. The third-order valence-electron chi connectivity index (χ3n) is 5.02. The van der Waals surface area contributed by atoms with E-state index in [1.807, 2.05) is 13.8 Å². The summed E-state index contributed by atoms with van der Waals surface area (Å²) >= 11 is 0. The minimum absolute atomic E-state index is 0.222. The van der Waals surface area contributed by atoms with Crippen molar-refractivity contribution in [3.05, 3.63) is 0 Å². The highest BCUT2D eigenvalue weighted by atomic mass is 32.2. The van der Waals surface area contributed by atoms with Crippen LogP contribution in [-0.2, 0) is 19.7 Å². The molecule has 0 aromatic carbocycles. The van der Waals surface area contributed by atoms with Gasteiger partial charge in [0.25, 0.3) is 0 Å². The van der Waals surface area contributed by atoms with Gasteiger partial charge in [-0.15, -0.1) is 0 Å². The van der Waals surface area contributed by atoms with E-state index in [-0.39, 0.29) is 11.5 Å². The Kier molecular flexibility index (Phi) is 5.90. The highest BCUT2D eigenvalue weighted by Crippen LogP contribution is 2.20. The molecule has 0 saturated carbocycles. The second-order valence-electron chi connectivity index (χ2n) is 6.34. The molecule has 0 amide bonds. The lowest BCUT2D eigenvalue weighted by Crippen LogP contribution is -2.34. The Hall–Kier alpha value is -0.180. The molecule has 0 unspecified atom stereocenters. The molecule has 2 aliphatic heterocycles. The molecule has 130 valence electrons. The lowest BCUT2D eigenvalue weighted by Gasteiger charge is -2.16. The number of rotatable bonds is 7. The van der Waals surface area contributed by atoms with Crippen LogP contribution < -0.4 is 0 Å². The third kappa shape index (κ3) is 4.21. The zero-order valence-corrected chi connectivity index (χ0v) is 15.2. The standard InChI is InChI=1S/C14H28N2O4S2/c1-3-15-7-5-13(11-15)21(17,18)9-10-22(19,20)14-6-8-16(4-2)12-14/h13-14H,3-12H2,1-2H3/t13-,14+. The maximum Gasteiger partial charge on any atom is 0.155 e. The van der Waals surface area contributed by atoms with E-state index in [9.17, 15) is 16.8 Å². The van der Waals surface area contributed by atoms with Gasteiger partial charge in [0.2, 0.25) is 0 Å². The zero-order chi connectivity index (χ0) is 16.4. The Balaban J connectivity index is 1.91. The van der Waals surface area contributed by atoms with Gasteiger partial charge >= 0.3 is 0 Å². The van der Waals surface area contributed by atoms with E-state index in [2.05, 4.69) is 9.80 Å². The van der Waals surface area contributed by atoms with E-state index < -0.39 is 30.2 Å². The van der Waals surface area contributed by atoms with Crippen molar-refractivity contribution in [1.29, 1.82) is 0 Å². The zero-order valence-electron chi connectivity index (χ0n) is 13.6. The molecule has 2 aliphatic rings. The van der Waals surface area contributed by atoms with Gasteiger partial charge in [0, 0.05) is 13.1 Å². The first-order valence-corrected chi connectivity index (χ1v) is 11.6. The van der Waals surface area contributed by atoms with Crippen LogP contribution in [0, 0.1) is 0 Å². The van der Waals surface area contributed by atoms with Crippen LogP contribution in [0.5, 0.6) is 0 Å². The molecule has 2 rings (SSSR count).